The van der Waals surface area contributed by atoms with E-state index in [0.717, 1.165) is 18.5 Å². The molecular weight excluding hydrogens is 222 g/mol. The molecule has 98 valence electrons. The number of aliphatic hydroxyl groups is 1. The van der Waals surface area contributed by atoms with Gasteiger partial charge >= 0.3 is 0 Å². The summed E-state index contributed by atoms with van der Waals surface area (Å²) in [6.45, 7) is 2.73. The second-order valence-corrected chi connectivity index (χ2v) is 6.01. The number of aliphatic hydroxyl groups excluding tert-OH is 1. The molecule has 2 aliphatic heterocycles. The minimum absolute atomic E-state index is 0.371. The summed E-state index contributed by atoms with van der Waals surface area (Å²) in [4.78, 5) is 2.60. The lowest BCUT2D eigenvalue weighted by atomic mass is 9.86. The van der Waals surface area contributed by atoms with Gasteiger partial charge in [-0.05, 0) is 49.6 Å². The third kappa shape index (κ3) is 2.60. The Kier molecular flexibility index (Phi) is 3.67. The number of nitrogens with zero attached hydrogens (tertiary/aromatic N) is 1. The molecule has 2 heteroatoms. The smallest absolute Gasteiger partial charge is 0.0472 e. The van der Waals surface area contributed by atoms with E-state index in [1.54, 1.807) is 0 Å². The van der Waals surface area contributed by atoms with Crippen LogP contribution in [0.1, 0.15) is 24.8 Å². The predicted octanol–water partition coefficient (Wildman–Crippen LogP) is 2.32. The third-order valence-electron chi connectivity index (χ3n) is 4.67. The topological polar surface area (TPSA) is 23.5 Å². The molecule has 18 heavy (non-hydrogen) atoms. The largest absolute Gasteiger partial charge is 0.396 e. The lowest BCUT2D eigenvalue weighted by Crippen LogP contribution is -2.38. The van der Waals surface area contributed by atoms with Crippen molar-refractivity contribution in [3.8, 4) is 0 Å². The van der Waals surface area contributed by atoms with E-state index in [1.165, 1.54) is 37.8 Å². The van der Waals surface area contributed by atoms with Crippen molar-refractivity contribution in [2.24, 2.45) is 11.8 Å². The Balaban J connectivity index is 1.58. The molecule has 0 aromatic heterocycles. The molecule has 1 N–H and O–H groups in total. The average molecular weight is 245 g/mol. The Hall–Kier alpha value is -0.860. The predicted molar refractivity (Wildman–Crippen MR) is 73.4 cm³/mol. The molecule has 3 unspecified atom stereocenters. The number of benzene rings is 1. The molecule has 2 saturated heterocycles. The molecule has 3 rings (SSSR count). The van der Waals surface area contributed by atoms with Gasteiger partial charge in [0.2, 0.25) is 0 Å². The average Bonchev–Trinajstić information content (AvgIpc) is 2.82. The van der Waals surface area contributed by atoms with Crippen molar-refractivity contribution in [3.05, 3.63) is 35.9 Å². The van der Waals surface area contributed by atoms with Crippen LogP contribution in [-0.2, 0) is 6.42 Å². The normalized spacial score (nSPS) is 32.4. The Morgan fingerprint density at radius 1 is 1.11 bits per heavy atom. The number of rotatable bonds is 3. The van der Waals surface area contributed by atoms with Crippen LogP contribution in [0.25, 0.3) is 0 Å². The summed E-state index contributed by atoms with van der Waals surface area (Å²) in [7, 11) is 0. The lowest BCUT2D eigenvalue weighted by molar-refractivity contribution is 0.149. The molecule has 0 bridgehead atoms. The highest BCUT2D eigenvalue weighted by Gasteiger charge is 2.36. The van der Waals surface area contributed by atoms with Gasteiger partial charge in [-0.3, -0.25) is 4.90 Å². The summed E-state index contributed by atoms with van der Waals surface area (Å²) in [5.41, 5.74) is 1.48. The fraction of sp³-hybridized carbons (Fsp3) is 0.625. The Morgan fingerprint density at radius 2 is 1.89 bits per heavy atom. The van der Waals surface area contributed by atoms with Crippen molar-refractivity contribution in [3.63, 3.8) is 0 Å². The van der Waals surface area contributed by atoms with Crippen LogP contribution < -0.4 is 0 Å². The van der Waals surface area contributed by atoms with Crippen molar-refractivity contribution in [2.45, 2.75) is 31.7 Å². The first-order valence-electron chi connectivity index (χ1n) is 7.24. The van der Waals surface area contributed by atoms with Crippen LogP contribution in [-0.4, -0.2) is 35.7 Å². The minimum atomic E-state index is 0.371. The zero-order valence-electron chi connectivity index (χ0n) is 11.0. The highest BCUT2D eigenvalue weighted by atomic mass is 16.3. The zero-order chi connectivity index (χ0) is 12.4. The fourth-order valence-corrected chi connectivity index (χ4v) is 3.72. The van der Waals surface area contributed by atoms with E-state index in [-0.39, 0.29) is 0 Å². The number of hydrogen-bond donors (Lipinski definition) is 1. The minimum Gasteiger partial charge on any atom is -0.396 e. The van der Waals surface area contributed by atoms with E-state index >= 15 is 0 Å². The standard InChI is InChI=1S/C16H23NO/c18-12-15-10-16-9-14(6-7-17(16)11-15)8-13-4-2-1-3-5-13/h1-5,14-16,18H,6-12H2. The highest BCUT2D eigenvalue weighted by molar-refractivity contribution is 5.15. The van der Waals surface area contributed by atoms with Gasteiger partial charge in [0.1, 0.15) is 0 Å². The van der Waals surface area contributed by atoms with Gasteiger partial charge in [-0.2, -0.15) is 0 Å². The summed E-state index contributed by atoms with van der Waals surface area (Å²) in [5, 5.41) is 9.29. The second kappa shape index (κ2) is 5.41. The summed E-state index contributed by atoms with van der Waals surface area (Å²) in [6.07, 6.45) is 5.09. The highest BCUT2D eigenvalue weighted by Crippen LogP contribution is 2.34. The van der Waals surface area contributed by atoms with Crippen LogP contribution in [0.4, 0.5) is 0 Å². The van der Waals surface area contributed by atoms with Gasteiger partial charge in [-0.15, -0.1) is 0 Å². The molecule has 0 amide bonds. The van der Waals surface area contributed by atoms with Crippen LogP contribution in [0.15, 0.2) is 30.3 Å². The van der Waals surface area contributed by atoms with E-state index in [9.17, 15) is 5.11 Å². The van der Waals surface area contributed by atoms with Gasteiger partial charge in [0, 0.05) is 19.2 Å². The van der Waals surface area contributed by atoms with E-state index in [0.29, 0.717) is 12.5 Å². The van der Waals surface area contributed by atoms with Crippen molar-refractivity contribution < 1.29 is 5.11 Å². The van der Waals surface area contributed by atoms with E-state index in [4.69, 9.17) is 0 Å². The number of hydrogen-bond acceptors (Lipinski definition) is 2. The SMILES string of the molecule is OCC1CC2CC(Cc3ccccc3)CCN2C1. The first-order chi connectivity index (χ1) is 8.85. The monoisotopic (exact) mass is 245 g/mol. The van der Waals surface area contributed by atoms with Gasteiger partial charge in [-0.1, -0.05) is 30.3 Å². The quantitative estimate of drug-likeness (QED) is 0.883. The molecule has 2 heterocycles. The summed E-state index contributed by atoms with van der Waals surface area (Å²) in [5.74, 6) is 1.37. The third-order valence-corrected chi connectivity index (χ3v) is 4.67. The van der Waals surface area contributed by atoms with Crippen LogP contribution in [0.3, 0.4) is 0 Å². The van der Waals surface area contributed by atoms with Crippen LogP contribution in [0.2, 0.25) is 0 Å². The first kappa shape index (κ1) is 12.2. The first-order valence-corrected chi connectivity index (χ1v) is 7.24. The molecule has 0 spiro atoms. The maximum Gasteiger partial charge on any atom is 0.0472 e. The molecule has 1 aromatic rings. The number of piperidine rings is 1. The molecular formula is C16H23NO. The van der Waals surface area contributed by atoms with Gasteiger partial charge in [0.25, 0.3) is 0 Å². The summed E-state index contributed by atoms with van der Waals surface area (Å²) in [6, 6.07) is 11.6. The van der Waals surface area contributed by atoms with E-state index in [2.05, 4.69) is 35.2 Å². The molecule has 2 nitrogen and oxygen atoms in total. The molecule has 2 fully saturated rings. The van der Waals surface area contributed by atoms with Crippen LogP contribution >= 0.6 is 0 Å². The Morgan fingerprint density at radius 3 is 2.67 bits per heavy atom. The fourth-order valence-electron chi connectivity index (χ4n) is 3.72. The van der Waals surface area contributed by atoms with E-state index < -0.39 is 0 Å². The summed E-state index contributed by atoms with van der Waals surface area (Å²) < 4.78 is 0. The second-order valence-electron chi connectivity index (χ2n) is 6.01. The van der Waals surface area contributed by atoms with Crippen LogP contribution in [0, 0.1) is 11.8 Å². The van der Waals surface area contributed by atoms with Crippen LogP contribution in [0.5, 0.6) is 0 Å². The molecule has 0 aliphatic carbocycles. The van der Waals surface area contributed by atoms with Gasteiger partial charge in [-0.25, -0.2) is 0 Å². The zero-order valence-corrected chi connectivity index (χ0v) is 11.0. The Bertz CT molecular complexity index is 378. The summed E-state index contributed by atoms with van der Waals surface area (Å²) >= 11 is 0. The molecule has 2 aliphatic rings. The van der Waals surface area contributed by atoms with Crippen molar-refractivity contribution in [2.75, 3.05) is 19.7 Å². The van der Waals surface area contributed by atoms with E-state index in [1.807, 2.05) is 0 Å². The Labute approximate surface area is 110 Å². The molecule has 0 saturated carbocycles. The molecule has 3 atom stereocenters. The lowest BCUT2D eigenvalue weighted by Gasteiger charge is -2.34. The van der Waals surface area contributed by atoms with Crippen molar-refractivity contribution in [1.29, 1.82) is 0 Å². The molecule has 0 radical (unpaired) electrons. The van der Waals surface area contributed by atoms with Crippen molar-refractivity contribution in [1.82, 2.24) is 4.90 Å². The molecule has 1 aromatic carbocycles. The maximum absolute atomic E-state index is 9.29. The number of fused-ring (bicyclic) bond motifs is 1. The van der Waals surface area contributed by atoms with Crippen molar-refractivity contribution >= 4 is 0 Å². The maximum atomic E-state index is 9.29. The van der Waals surface area contributed by atoms with Gasteiger partial charge in [0.05, 0.1) is 0 Å². The van der Waals surface area contributed by atoms with Gasteiger partial charge in [0.15, 0.2) is 0 Å². The van der Waals surface area contributed by atoms with Gasteiger partial charge < -0.3 is 5.11 Å².